The summed E-state index contributed by atoms with van der Waals surface area (Å²) >= 11 is 0. The molecule has 0 aromatic heterocycles. The number of carbonyl (C=O) groups excluding carboxylic acids is 1. The first-order valence-electron chi connectivity index (χ1n) is 9.15. The molecular weight excluding hydrogens is 376 g/mol. The third-order valence-electron chi connectivity index (χ3n) is 4.72. The Morgan fingerprint density at radius 3 is 2.46 bits per heavy atom. The van der Waals surface area contributed by atoms with Gasteiger partial charge in [-0.15, -0.1) is 6.58 Å². The van der Waals surface area contributed by atoms with Gasteiger partial charge in [0.1, 0.15) is 5.75 Å². The van der Waals surface area contributed by atoms with Gasteiger partial charge in [-0.25, -0.2) is 8.42 Å². The first-order valence-corrected chi connectivity index (χ1v) is 10.6. The number of nitrogens with one attached hydrogen (secondary N) is 1. The number of amides is 1. The van der Waals surface area contributed by atoms with Crippen molar-refractivity contribution in [3.8, 4) is 5.75 Å². The normalized spacial score (nSPS) is 14.6. The number of methoxy groups -OCH3 is 1. The summed E-state index contributed by atoms with van der Waals surface area (Å²) in [6, 6.07) is 11.5. The van der Waals surface area contributed by atoms with Crippen LogP contribution in [0.4, 0.5) is 5.69 Å². The summed E-state index contributed by atoms with van der Waals surface area (Å²) in [7, 11) is -1.88. The summed E-state index contributed by atoms with van der Waals surface area (Å²) in [6.07, 6.45) is 4.12. The number of nitrogens with zero attached hydrogens (tertiary/aromatic N) is 1. The molecule has 1 fully saturated rings. The molecule has 1 aliphatic heterocycles. The molecule has 2 aromatic carbocycles. The van der Waals surface area contributed by atoms with Gasteiger partial charge < -0.3 is 10.1 Å². The SMILES string of the molecule is C=CCc1cc(C(=O)Nc2ccc(S(=O)(=O)N3CCCC3)cc2)ccc1OC. The maximum atomic E-state index is 12.6. The van der Waals surface area contributed by atoms with E-state index in [2.05, 4.69) is 11.9 Å². The fraction of sp³-hybridized carbons (Fsp3) is 0.286. The Bertz CT molecular complexity index is 962. The summed E-state index contributed by atoms with van der Waals surface area (Å²) in [5.74, 6) is 0.427. The van der Waals surface area contributed by atoms with Crippen molar-refractivity contribution in [3.05, 3.63) is 66.2 Å². The van der Waals surface area contributed by atoms with Crippen molar-refractivity contribution < 1.29 is 17.9 Å². The highest BCUT2D eigenvalue weighted by Gasteiger charge is 2.26. The van der Waals surface area contributed by atoms with Crippen molar-refractivity contribution in [2.24, 2.45) is 0 Å². The van der Waals surface area contributed by atoms with Gasteiger partial charge in [0.2, 0.25) is 10.0 Å². The minimum Gasteiger partial charge on any atom is -0.496 e. The smallest absolute Gasteiger partial charge is 0.255 e. The molecule has 0 unspecified atom stereocenters. The zero-order chi connectivity index (χ0) is 20.1. The monoisotopic (exact) mass is 400 g/mol. The largest absolute Gasteiger partial charge is 0.496 e. The van der Waals surface area contributed by atoms with Crippen LogP contribution < -0.4 is 10.1 Å². The molecule has 0 spiro atoms. The standard InChI is InChI=1S/C21H24N2O4S/c1-3-6-16-15-17(7-12-20(16)27-2)21(24)22-18-8-10-19(11-9-18)28(25,26)23-13-4-5-14-23/h3,7-12,15H,1,4-6,13-14H2,2H3,(H,22,24). The number of allylic oxidation sites excluding steroid dienone is 1. The van der Waals surface area contributed by atoms with Crippen LogP contribution in [0.1, 0.15) is 28.8 Å². The Labute approximate surface area is 165 Å². The number of rotatable bonds is 7. The van der Waals surface area contributed by atoms with E-state index in [9.17, 15) is 13.2 Å². The van der Waals surface area contributed by atoms with E-state index in [0.717, 1.165) is 18.4 Å². The molecule has 0 bridgehead atoms. The van der Waals surface area contributed by atoms with Gasteiger partial charge in [-0.05, 0) is 67.3 Å². The Kier molecular flexibility index (Phi) is 6.16. The predicted molar refractivity (Wildman–Crippen MR) is 109 cm³/mol. The van der Waals surface area contributed by atoms with Gasteiger partial charge in [0.15, 0.2) is 0 Å². The molecule has 0 radical (unpaired) electrons. The first kappa shape index (κ1) is 20.1. The number of anilines is 1. The van der Waals surface area contributed by atoms with Crippen molar-refractivity contribution in [3.63, 3.8) is 0 Å². The summed E-state index contributed by atoms with van der Waals surface area (Å²) < 4.78 is 31.9. The molecule has 1 aliphatic rings. The van der Waals surface area contributed by atoms with Gasteiger partial charge in [0.05, 0.1) is 12.0 Å². The van der Waals surface area contributed by atoms with E-state index in [1.807, 2.05) is 0 Å². The summed E-state index contributed by atoms with van der Waals surface area (Å²) in [5, 5.41) is 2.80. The average molecular weight is 401 g/mol. The van der Waals surface area contributed by atoms with Gasteiger partial charge in [0.25, 0.3) is 5.91 Å². The summed E-state index contributed by atoms with van der Waals surface area (Å²) in [4.78, 5) is 12.8. The van der Waals surface area contributed by atoms with Crippen LogP contribution in [-0.4, -0.2) is 38.8 Å². The van der Waals surface area contributed by atoms with Crippen molar-refractivity contribution in [2.75, 3.05) is 25.5 Å². The molecular formula is C21H24N2O4S. The lowest BCUT2D eigenvalue weighted by molar-refractivity contribution is 0.102. The zero-order valence-electron chi connectivity index (χ0n) is 15.8. The molecule has 3 rings (SSSR count). The lowest BCUT2D eigenvalue weighted by Crippen LogP contribution is -2.27. The van der Waals surface area contributed by atoms with Crippen LogP contribution in [0.15, 0.2) is 60.0 Å². The van der Waals surface area contributed by atoms with Crippen molar-refractivity contribution >= 4 is 21.6 Å². The van der Waals surface area contributed by atoms with Crippen LogP contribution >= 0.6 is 0 Å². The number of hydrogen-bond acceptors (Lipinski definition) is 4. The van der Waals surface area contributed by atoms with E-state index in [1.165, 1.54) is 16.4 Å². The van der Waals surface area contributed by atoms with E-state index in [-0.39, 0.29) is 10.8 Å². The Morgan fingerprint density at radius 1 is 1.18 bits per heavy atom. The average Bonchev–Trinajstić information content (AvgIpc) is 3.24. The molecule has 28 heavy (non-hydrogen) atoms. The number of carbonyl (C=O) groups is 1. The van der Waals surface area contributed by atoms with E-state index >= 15 is 0 Å². The quantitative estimate of drug-likeness (QED) is 0.722. The van der Waals surface area contributed by atoms with Crippen molar-refractivity contribution in [2.45, 2.75) is 24.2 Å². The van der Waals surface area contributed by atoms with Crippen LogP contribution in [0.2, 0.25) is 0 Å². The summed E-state index contributed by atoms with van der Waals surface area (Å²) in [5.41, 5.74) is 1.90. The molecule has 0 atom stereocenters. The van der Waals surface area contributed by atoms with E-state index in [0.29, 0.717) is 36.5 Å². The number of sulfonamides is 1. The molecule has 1 N–H and O–H groups in total. The maximum Gasteiger partial charge on any atom is 0.255 e. The molecule has 7 heteroatoms. The Morgan fingerprint density at radius 2 is 1.86 bits per heavy atom. The highest BCUT2D eigenvalue weighted by Crippen LogP contribution is 2.24. The van der Waals surface area contributed by atoms with E-state index in [1.54, 1.807) is 43.5 Å². The predicted octanol–water partition coefficient (Wildman–Crippen LogP) is 3.46. The van der Waals surface area contributed by atoms with Gasteiger partial charge in [-0.1, -0.05) is 6.08 Å². The third kappa shape index (κ3) is 4.26. The second kappa shape index (κ2) is 8.58. The molecule has 1 heterocycles. The van der Waals surface area contributed by atoms with Crippen LogP contribution in [0.3, 0.4) is 0 Å². The van der Waals surface area contributed by atoms with Crippen LogP contribution in [0.5, 0.6) is 5.75 Å². The fourth-order valence-corrected chi connectivity index (χ4v) is 4.74. The highest BCUT2D eigenvalue weighted by atomic mass is 32.2. The molecule has 0 aliphatic carbocycles. The third-order valence-corrected chi connectivity index (χ3v) is 6.63. The minimum atomic E-state index is -3.46. The minimum absolute atomic E-state index is 0.241. The molecule has 2 aromatic rings. The topological polar surface area (TPSA) is 75.7 Å². The molecule has 6 nitrogen and oxygen atoms in total. The van der Waals surface area contributed by atoms with Gasteiger partial charge in [0, 0.05) is 24.3 Å². The highest BCUT2D eigenvalue weighted by molar-refractivity contribution is 7.89. The number of hydrogen-bond donors (Lipinski definition) is 1. The molecule has 148 valence electrons. The number of ether oxygens (including phenoxy) is 1. The lowest BCUT2D eigenvalue weighted by Gasteiger charge is -2.15. The lowest BCUT2D eigenvalue weighted by atomic mass is 10.1. The molecule has 1 amide bonds. The second-order valence-corrected chi connectivity index (χ2v) is 8.55. The van der Waals surface area contributed by atoms with E-state index in [4.69, 9.17) is 4.74 Å². The Balaban J connectivity index is 1.74. The van der Waals surface area contributed by atoms with Gasteiger partial charge >= 0.3 is 0 Å². The molecule has 1 saturated heterocycles. The Hall–Kier alpha value is -2.64. The van der Waals surface area contributed by atoms with Crippen LogP contribution in [0, 0.1) is 0 Å². The van der Waals surface area contributed by atoms with Crippen LogP contribution in [-0.2, 0) is 16.4 Å². The van der Waals surface area contributed by atoms with Crippen molar-refractivity contribution in [1.29, 1.82) is 0 Å². The van der Waals surface area contributed by atoms with Gasteiger partial charge in [-0.2, -0.15) is 4.31 Å². The van der Waals surface area contributed by atoms with E-state index < -0.39 is 10.0 Å². The fourth-order valence-electron chi connectivity index (χ4n) is 3.23. The van der Waals surface area contributed by atoms with Crippen LogP contribution in [0.25, 0.3) is 0 Å². The second-order valence-electron chi connectivity index (χ2n) is 6.61. The van der Waals surface area contributed by atoms with Gasteiger partial charge in [-0.3, -0.25) is 4.79 Å². The number of benzene rings is 2. The zero-order valence-corrected chi connectivity index (χ0v) is 16.7. The maximum absolute atomic E-state index is 12.6. The summed E-state index contributed by atoms with van der Waals surface area (Å²) in [6.45, 7) is 4.84. The molecule has 0 saturated carbocycles. The van der Waals surface area contributed by atoms with Crippen molar-refractivity contribution in [1.82, 2.24) is 4.31 Å². The first-order chi connectivity index (χ1) is 13.5.